The average Bonchev–Trinajstić information content (AvgIpc) is 2.54. The number of carbonyl (C=O) groups excluding carboxylic acids is 1. The Morgan fingerprint density at radius 1 is 0.952 bits per heavy atom. The Labute approximate surface area is 124 Å². The quantitative estimate of drug-likeness (QED) is 0.922. The van der Waals surface area contributed by atoms with E-state index >= 15 is 0 Å². The molecular weight excluding hydrogens is 260 g/mol. The molecule has 0 saturated heterocycles. The van der Waals surface area contributed by atoms with E-state index in [1.54, 1.807) is 6.08 Å². The van der Waals surface area contributed by atoms with Gasteiger partial charge in [0.05, 0.1) is 5.41 Å². The first kappa shape index (κ1) is 13.6. The summed E-state index contributed by atoms with van der Waals surface area (Å²) >= 11 is 0. The van der Waals surface area contributed by atoms with Crippen molar-refractivity contribution < 1.29 is 9.90 Å². The number of benzene rings is 2. The molecule has 21 heavy (non-hydrogen) atoms. The number of Topliss-reactive ketones (excluding diaryl/α,β-unsaturated/α-hetero) is 1. The minimum absolute atomic E-state index is 0.0963. The summed E-state index contributed by atoms with van der Waals surface area (Å²) < 4.78 is 0. The number of hydrogen-bond acceptors (Lipinski definition) is 2. The minimum Gasteiger partial charge on any atom is -0.505 e. The molecule has 0 aromatic heterocycles. The highest BCUT2D eigenvalue weighted by molar-refractivity contribution is 6.02. The zero-order chi connectivity index (χ0) is 14.7. The molecule has 1 aliphatic carbocycles. The zero-order valence-electron chi connectivity index (χ0n) is 11.8. The number of aliphatic hydroxyl groups excluding tert-OH is 1. The molecule has 0 radical (unpaired) electrons. The second-order valence-corrected chi connectivity index (χ2v) is 5.57. The van der Waals surface area contributed by atoms with Gasteiger partial charge in [-0.3, -0.25) is 4.79 Å². The highest BCUT2D eigenvalue weighted by Gasteiger charge is 2.43. The Morgan fingerprint density at radius 2 is 1.57 bits per heavy atom. The van der Waals surface area contributed by atoms with E-state index < -0.39 is 5.41 Å². The topological polar surface area (TPSA) is 37.3 Å². The number of allylic oxidation sites excluding steroid dienone is 2. The minimum atomic E-state index is -0.651. The van der Waals surface area contributed by atoms with Gasteiger partial charge in [-0.1, -0.05) is 60.7 Å². The molecule has 1 N–H and O–H groups in total. The van der Waals surface area contributed by atoms with Crippen molar-refractivity contribution >= 4 is 5.78 Å². The van der Waals surface area contributed by atoms with Crippen LogP contribution in [0.3, 0.4) is 0 Å². The predicted octanol–water partition coefficient (Wildman–Crippen LogP) is 3.97. The lowest BCUT2D eigenvalue weighted by molar-refractivity contribution is -0.124. The summed E-state index contributed by atoms with van der Waals surface area (Å²) in [6, 6.07) is 19.8. The molecule has 0 bridgehead atoms. The van der Waals surface area contributed by atoms with E-state index in [0.29, 0.717) is 6.42 Å². The Bertz CT molecular complexity index is 658. The van der Waals surface area contributed by atoms with Crippen molar-refractivity contribution in [3.05, 3.63) is 83.6 Å². The fraction of sp³-hybridized carbons (Fsp3) is 0.211. The van der Waals surface area contributed by atoms with Crippen molar-refractivity contribution in [2.75, 3.05) is 0 Å². The van der Waals surface area contributed by atoms with Crippen molar-refractivity contribution in [1.29, 1.82) is 0 Å². The monoisotopic (exact) mass is 278 g/mol. The average molecular weight is 278 g/mol. The molecule has 0 aliphatic heterocycles. The lowest BCUT2D eigenvalue weighted by atomic mass is 9.67. The number of rotatable bonds is 3. The van der Waals surface area contributed by atoms with Crippen LogP contribution < -0.4 is 0 Å². The summed E-state index contributed by atoms with van der Waals surface area (Å²) in [5, 5.41) is 9.96. The number of ketones is 1. The summed E-state index contributed by atoms with van der Waals surface area (Å²) in [6.45, 7) is 0. The predicted molar refractivity (Wildman–Crippen MR) is 83.2 cm³/mol. The molecule has 2 heteroatoms. The van der Waals surface area contributed by atoms with Crippen LogP contribution in [0.25, 0.3) is 0 Å². The van der Waals surface area contributed by atoms with Crippen LogP contribution in [-0.2, 0) is 16.6 Å². The summed E-state index contributed by atoms with van der Waals surface area (Å²) in [6.07, 6.45) is 3.71. The molecule has 0 saturated carbocycles. The maximum absolute atomic E-state index is 12.7. The Kier molecular flexibility index (Phi) is 3.61. The van der Waals surface area contributed by atoms with Crippen molar-refractivity contribution in [2.24, 2.45) is 0 Å². The van der Waals surface area contributed by atoms with Gasteiger partial charge in [0.1, 0.15) is 0 Å². The van der Waals surface area contributed by atoms with Crippen LogP contribution >= 0.6 is 0 Å². The molecule has 2 aromatic carbocycles. The maximum atomic E-state index is 12.7. The first-order valence-electron chi connectivity index (χ1n) is 7.26. The van der Waals surface area contributed by atoms with Gasteiger partial charge >= 0.3 is 0 Å². The van der Waals surface area contributed by atoms with E-state index in [2.05, 4.69) is 0 Å². The van der Waals surface area contributed by atoms with E-state index in [1.165, 1.54) is 0 Å². The molecule has 0 heterocycles. The van der Waals surface area contributed by atoms with Crippen LogP contribution in [0.4, 0.5) is 0 Å². The van der Waals surface area contributed by atoms with Gasteiger partial charge in [-0.25, -0.2) is 0 Å². The highest BCUT2D eigenvalue weighted by Crippen LogP contribution is 2.39. The molecule has 0 amide bonds. The number of carbonyl (C=O) groups is 1. The van der Waals surface area contributed by atoms with Gasteiger partial charge in [0, 0.05) is 0 Å². The number of hydrogen-bond donors (Lipinski definition) is 1. The standard InChI is InChI=1S/C19H18O2/c20-17-12-7-13-19(18(17)21,16-10-5-2-6-11-16)14-15-8-3-1-4-9-15/h1-6,8-12,20H,7,13-14H2/t19-/m0/s1. The van der Waals surface area contributed by atoms with Crippen molar-refractivity contribution in [2.45, 2.75) is 24.7 Å². The smallest absolute Gasteiger partial charge is 0.207 e. The maximum Gasteiger partial charge on any atom is 0.207 e. The molecule has 0 spiro atoms. The lowest BCUT2D eigenvalue weighted by Gasteiger charge is -2.35. The van der Waals surface area contributed by atoms with Crippen LogP contribution in [-0.4, -0.2) is 10.9 Å². The van der Waals surface area contributed by atoms with Crippen molar-refractivity contribution in [1.82, 2.24) is 0 Å². The first-order valence-corrected chi connectivity index (χ1v) is 7.26. The summed E-state index contributed by atoms with van der Waals surface area (Å²) in [5.41, 5.74) is 1.45. The van der Waals surface area contributed by atoms with Crippen LogP contribution in [0, 0.1) is 0 Å². The van der Waals surface area contributed by atoms with E-state index in [0.717, 1.165) is 24.0 Å². The van der Waals surface area contributed by atoms with E-state index in [9.17, 15) is 9.90 Å². The van der Waals surface area contributed by atoms with Crippen LogP contribution in [0.15, 0.2) is 72.5 Å². The molecule has 3 rings (SSSR count). The van der Waals surface area contributed by atoms with Gasteiger partial charge in [0.25, 0.3) is 0 Å². The van der Waals surface area contributed by atoms with Gasteiger partial charge in [-0.15, -0.1) is 0 Å². The molecule has 0 fully saturated rings. The molecule has 1 atom stereocenters. The molecule has 1 aliphatic rings. The summed E-state index contributed by atoms with van der Waals surface area (Å²) in [7, 11) is 0. The molecule has 2 nitrogen and oxygen atoms in total. The van der Waals surface area contributed by atoms with Crippen LogP contribution in [0.1, 0.15) is 24.0 Å². The second-order valence-electron chi connectivity index (χ2n) is 5.57. The van der Waals surface area contributed by atoms with Gasteiger partial charge in [-0.2, -0.15) is 0 Å². The summed E-state index contributed by atoms with van der Waals surface area (Å²) in [5.74, 6) is -0.259. The summed E-state index contributed by atoms with van der Waals surface area (Å²) in [4.78, 5) is 12.7. The molecule has 2 aromatic rings. The second kappa shape index (κ2) is 5.57. The normalized spacial score (nSPS) is 21.9. The third-order valence-corrected chi connectivity index (χ3v) is 4.25. The van der Waals surface area contributed by atoms with Gasteiger partial charge in [-0.05, 0) is 36.5 Å². The Hall–Kier alpha value is -2.35. The van der Waals surface area contributed by atoms with Gasteiger partial charge in [0.15, 0.2) is 5.76 Å². The third kappa shape index (κ3) is 2.49. The first-order chi connectivity index (χ1) is 10.2. The SMILES string of the molecule is O=C1C(O)=CCC[C@]1(Cc1ccccc1)c1ccccc1. The Morgan fingerprint density at radius 3 is 2.24 bits per heavy atom. The fourth-order valence-corrected chi connectivity index (χ4v) is 3.15. The highest BCUT2D eigenvalue weighted by atomic mass is 16.3. The van der Waals surface area contributed by atoms with E-state index in [4.69, 9.17) is 0 Å². The Balaban J connectivity index is 2.08. The number of aliphatic hydroxyl groups is 1. The molecule has 106 valence electrons. The van der Waals surface area contributed by atoms with Crippen LogP contribution in [0.2, 0.25) is 0 Å². The van der Waals surface area contributed by atoms with Crippen LogP contribution in [0.5, 0.6) is 0 Å². The van der Waals surface area contributed by atoms with E-state index in [-0.39, 0.29) is 11.5 Å². The molecular formula is C19H18O2. The van der Waals surface area contributed by atoms with Gasteiger partial charge < -0.3 is 5.11 Å². The fourth-order valence-electron chi connectivity index (χ4n) is 3.15. The van der Waals surface area contributed by atoms with E-state index in [1.807, 2.05) is 60.7 Å². The zero-order valence-corrected chi connectivity index (χ0v) is 11.8. The van der Waals surface area contributed by atoms with Gasteiger partial charge in [0.2, 0.25) is 5.78 Å². The lowest BCUT2D eigenvalue weighted by Crippen LogP contribution is -2.41. The van der Waals surface area contributed by atoms with Crippen molar-refractivity contribution in [3.8, 4) is 0 Å². The van der Waals surface area contributed by atoms with Crippen molar-refractivity contribution in [3.63, 3.8) is 0 Å². The third-order valence-electron chi connectivity index (χ3n) is 4.25. The molecule has 0 unspecified atom stereocenters. The largest absolute Gasteiger partial charge is 0.505 e.